The third kappa shape index (κ3) is 4.24. The van der Waals surface area contributed by atoms with Crippen molar-refractivity contribution in [2.75, 3.05) is 13.1 Å². The van der Waals surface area contributed by atoms with Crippen LogP contribution in [0.5, 0.6) is 0 Å². The summed E-state index contributed by atoms with van der Waals surface area (Å²) in [5.74, 6) is 2.25. The van der Waals surface area contributed by atoms with E-state index < -0.39 is 14.9 Å². The summed E-state index contributed by atoms with van der Waals surface area (Å²) in [5, 5.41) is 14.4. The Morgan fingerprint density at radius 1 is 1.15 bits per heavy atom. The standard InChI is InChI=1S/C24H32ClN3O5S/c1-15(24-12-16-8-17(13-24)10-18(9-16)14-24)26-23(29)19-4-6-27(7-5-19)34(32,33)22-11-20(28(30)31)2-3-21(22)25/h2-3,11,15-19H,4-10,12-14H2,1H3,(H,26,29)/t15-,16?,17?,18?,24?/m0/s1. The van der Waals surface area contributed by atoms with Crippen LogP contribution >= 0.6 is 11.6 Å². The van der Waals surface area contributed by atoms with Gasteiger partial charge in [-0.1, -0.05) is 11.6 Å². The van der Waals surface area contributed by atoms with Crippen LogP contribution in [0.25, 0.3) is 0 Å². The number of sulfonamides is 1. The topological polar surface area (TPSA) is 110 Å². The minimum Gasteiger partial charge on any atom is -0.353 e. The van der Waals surface area contributed by atoms with Crippen molar-refractivity contribution in [3.05, 3.63) is 33.3 Å². The van der Waals surface area contributed by atoms with E-state index in [1.165, 1.54) is 55.0 Å². The number of carbonyl (C=O) groups excluding carboxylic acids is 1. The summed E-state index contributed by atoms with van der Waals surface area (Å²) in [5.41, 5.74) is -0.0938. The van der Waals surface area contributed by atoms with Gasteiger partial charge < -0.3 is 5.32 Å². The summed E-state index contributed by atoms with van der Waals surface area (Å²) < 4.78 is 27.5. The molecule has 0 unspecified atom stereocenters. The van der Waals surface area contributed by atoms with Gasteiger partial charge in [-0.05, 0) is 87.5 Å². The van der Waals surface area contributed by atoms with E-state index in [0.29, 0.717) is 12.8 Å². The molecule has 0 aromatic heterocycles. The summed E-state index contributed by atoms with van der Waals surface area (Å²) >= 11 is 6.08. The number of piperidine rings is 1. The molecule has 1 aromatic carbocycles. The van der Waals surface area contributed by atoms with E-state index >= 15 is 0 Å². The van der Waals surface area contributed by atoms with Crippen LogP contribution in [-0.4, -0.2) is 42.7 Å². The lowest BCUT2D eigenvalue weighted by molar-refractivity contribution is -0.385. The Balaban J connectivity index is 1.21. The number of nitrogens with one attached hydrogen (secondary N) is 1. The first-order chi connectivity index (χ1) is 16.1. The van der Waals surface area contributed by atoms with Crippen molar-refractivity contribution in [2.24, 2.45) is 29.1 Å². The average Bonchev–Trinajstić information content (AvgIpc) is 2.78. The van der Waals surface area contributed by atoms with E-state index in [-0.39, 0.29) is 52.0 Å². The van der Waals surface area contributed by atoms with Crippen molar-refractivity contribution in [3.8, 4) is 0 Å². The van der Waals surface area contributed by atoms with E-state index in [9.17, 15) is 23.3 Å². The molecular weight excluding hydrogens is 478 g/mol. The second-order valence-electron chi connectivity index (χ2n) is 11.1. The highest BCUT2D eigenvalue weighted by atomic mass is 35.5. The first-order valence-corrected chi connectivity index (χ1v) is 14.1. The predicted molar refractivity (Wildman–Crippen MR) is 128 cm³/mol. The van der Waals surface area contributed by atoms with Crippen LogP contribution in [0.15, 0.2) is 23.1 Å². The lowest BCUT2D eigenvalue weighted by atomic mass is 9.48. The van der Waals surface area contributed by atoms with Gasteiger partial charge in [-0.25, -0.2) is 8.42 Å². The quantitative estimate of drug-likeness (QED) is 0.452. The molecule has 4 saturated carbocycles. The maximum Gasteiger partial charge on any atom is 0.270 e. The largest absolute Gasteiger partial charge is 0.353 e. The zero-order chi connectivity index (χ0) is 24.3. The Morgan fingerprint density at radius 3 is 2.24 bits per heavy atom. The van der Waals surface area contributed by atoms with Gasteiger partial charge in [0.2, 0.25) is 15.9 Å². The van der Waals surface area contributed by atoms with Gasteiger partial charge in [0, 0.05) is 37.2 Å². The molecule has 5 aliphatic rings. The Hall–Kier alpha value is -1.71. The lowest BCUT2D eigenvalue weighted by Gasteiger charge is -2.59. The highest BCUT2D eigenvalue weighted by molar-refractivity contribution is 7.89. The van der Waals surface area contributed by atoms with E-state index in [1.807, 2.05) is 0 Å². The van der Waals surface area contributed by atoms with Crippen LogP contribution in [0.4, 0.5) is 5.69 Å². The van der Waals surface area contributed by atoms with Crippen LogP contribution in [0.1, 0.15) is 58.3 Å². The fraction of sp³-hybridized carbons (Fsp3) is 0.708. The molecule has 4 aliphatic carbocycles. The SMILES string of the molecule is C[C@H](NC(=O)C1CCN(S(=O)(=O)c2cc([N+](=O)[O-])ccc2Cl)CC1)C12CC3CC(CC(C3)C1)C2. The van der Waals surface area contributed by atoms with E-state index in [1.54, 1.807) is 0 Å². The number of nitro groups is 1. The number of nitrogens with zero attached hydrogens (tertiary/aromatic N) is 2. The number of rotatable bonds is 6. The van der Waals surface area contributed by atoms with Crippen molar-refractivity contribution < 1.29 is 18.1 Å². The predicted octanol–water partition coefficient (Wildman–Crippen LogP) is 4.37. The summed E-state index contributed by atoms with van der Waals surface area (Å²) in [7, 11) is -3.99. The molecule has 8 nitrogen and oxygen atoms in total. The number of hydrogen-bond acceptors (Lipinski definition) is 5. The first kappa shape index (κ1) is 24.0. The molecule has 1 N–H and O–H groups in total. The molecule has 34 heavy (non-hydrogen) atoms. The van der Waals surface area contributed by atoms with Gasteiger partial charge in [-0.15, -0.1) is 0 Å². The smallest absolute Gasteiger partial charge is 0.270 e. The molecule has 5 fully saturated rings. The van der Waals surface area contributed by atoms with Crippen molar-refractivity contribution in [3.63, 3.8) is 0 Å². The summed E-state index contributed by atoms with van der Waals surface area (Å²) in [6.07, 6.45) is 8.60. The molecule has 10 heteroatoms. The molecule has 4 bridgehead atoms. The van der Waals surface area contributed by atoms with Crippen LogP contribution in [-0.2, 0) is 14.8 Å². The fourth-order valence-corrected chi connectivity index (χ4v) is 9.46. The van der Waals surface area contributed by atoms with E-state index in [0.717, 1.165) is 23.8 Å². The van der Waals surface area contributed by atoms with Crippen molar-refractivity contribution in [1.82, 2.24) is 9.62 Å². The number of amides is 1. The molecule has 186 valence electrons. The van der Waals surface area contributed by atoms with Crippen molar-refractivity contribution in [1.29, 1.82) is 0 Å². The van der Waals surface area contributed by atoms with E-state index in [2.05, 4.69) is 12.2 Å². The average molecular weight is 510 g/mol. The number of halogens is 1. The Bertz CT molecular complexity index is 1060. The van der Waals surface area contributed by atoms with E-state index in [4.69, 9.17) is 11.6 Å². The Labute approximate surface area is 205 Å². The monoisotopic (exact) mass is 509 g/mol. The number of non-ortho nitro benzene ring substituents is 1. The van der Waals surface area contributed by atoms with Crippen LogP contribution < -0.4 is 5.32 Å². The zero-order valence-corrected chi connectivity index (χ0v) is 21.0. The van der Waals surface area contributed by atoms with Crippen LogP contribution in [0.3, 0.4) is 0 Å². The normalized spacial score (nSPS) is 32.5. The summed E-state index contributed by atoms with van der Waals surface area (Å²) in [4.78, 5) is 23.3. The number of nitro benzene ring substituents is 1. The maximum atomic E-state index is 13.1. The van der Waals surface area contributed by atoms with Gasteiger partial charge in [0.25, 0.3) is 5.69 Å². The molecule has 1 aromatic rings. The summed E-state index contributed by atoms with van der Waals surface area (Å²) in [6, 6.07) is 3.56. The lowest BCUT2D eigenvalue weighted by Crippen LogP contribution is -2.56. The minimum absolute atomic E-state index is 0.0219. The number of hydrogen-bond donors (Lipinski definition) is 1. The zero-order valence-electron chi connectivity index (χ0n) is 19.4. The maximum absolute atomic E-state index is 13.1. The molecule has 1 heterocycles. The van der Waals surface area contributed by atoms with Crippen molar-refractivity contribution in [2.45, 2.75) is 69.2 Å². The van der Waals surface area contributed by atoms with Gasteiger partial charge in [-0.2, -0.15) is 4.31 Å². The van der Waals surface area contributed by atoms with Gasteiger partial charge >= 0.3 is 0 Å². The second kappa shape index (κ2) is 8.75. The van der Waals surface area contributed by atoms with Gasteiger partial charge in [0.05, 0.1) is 9.95 Å². The molecule has 6 rings (SSSR count). The number of carbonyl (C=O) groups is 1. The highest BCUT2D eigenvalue weighted by Crippen LogP contribution is 2.61. The Kier molecular flexibility index (Phi) is 6.18. The highest BCUT2D eigenvalue weighted by Gasteiger charge is 2.53. The van der Waals surface area contributed by atoms with Gasteiger partial charge in [-0.3, -0.25) is 14.9 Å². The molecule has 0 spiro atoms. The van der Waals surface area contributed by atoms with Gasteiger partial charge in [0.1, 0.15) is 4.90 Å². The second-order valence-corrected chi connectivity index (χ2v) is 13.4. The molecular formula is C24H32ClN3O5S. The third-order valence-electron chi connectivity index (χ3n) is 8.93. The van der Waals surface area contributed by atoms with Gasteiger partial charge in [0.15, 0.2) is 0 Å². The first-order valence-electron chi connectivity index (χ1n) is 12.3. The minimum atomic E-state index is -3.99. The molecule has 1 atom stereocenters. The molecule has 0 radical (unpaired) electrons. The molecule has 1 aliphatic heterocycles. The molecule has 1 amide bonds. The third-order valence-corrected chi connectivity index (χ3v) is 11.3. The summed E-state index contributed by atoms with van der Waals surface area (Å²) in [6.45, 7) is 2.53. The number of benzene rings is 1. The fourth-order valence-electron chi connectivity index (χ4n) is 7.49. The van der Waals surface area contributed by atoms with Crippen molar-refractivity contribution >= 4 is 33.2 Å². The Morgan fingerprint density at radius 2 is 1.71 bits per heavy atom. The van der Waals surface area contributed by atoms with Crippen LogP contribution in [0, 0.1) is 39.2 Å². The van der Waals surface area contributed by atoms with Crippen LogP contribution in [0.2, 0.25) is 5.02 Å². The molecule has 1 saturated heterocycles.